The maximum Gasteiger partial charge on any atom is 0.251 e. The molecule has 0 radical (unpaired) electrons. The van der Waals surface area contributed by atoms with E-state index in [4.69, 9.17) is 22.1 Å². The second-order valence-corrected chi connectivity index (χ2v) is 10.9. The first-order valence-electron chi connectivity index (χ1n) is 10.9. The Morgan fingerprint density at radius 2 is 2.18 bits per heavy atom. The third kappa shape index (κ3) is 5.39. The largest absolute Gasteiger partial charge is 0.484 e. The van der Waals surface area contributed by atoms with Crippen molar-refractivity contribution in [1.29, 1.82) is 0 Å². The number of halogens is 1. The van der Waals surface area contributed by atoms with Gasteiger partial charge in [-0.1, -0.05) is 36.4 Å². The van der Waals surface area contributed by atoms with E-state index in [9.17, 15) is 9.59 Å². The molecule has 3 aromatic rings. The lowest BCUT2D eigenvalue weighted by Crippen LogP contribution is -2.20. The fourth-order valence-electron chi connectivity index (χ4n) is 3.85. The van der Waals surface area contributed by atoms with Crippen molar-refractivity contribution in [3.63, 3.8) is 0 Å². The average molecular weight is 520 g/mol. The number of anilines is 1. The summed E-state index contributed by atoms with van der Waals surface area (Å²) in [6.07, 6.45) is 2.73. The first-order valence-corrected chi connectivity index (χ1v) is 13.0. The molecule has 3 N–H and O–H groups in total. The number of nitrogens with one attached hydrogen (secondary N) is 1. The molecule has 4 rings (SSSR count). The number of amides is 2. The maximum absolute atomic E-state index is 12.7. The third-order valence-corrected chi connectivity index (χ3v) is 8.21. The van der Waals surface area contributed by atoms with Crippen LogP contribution in [0.4, 0.5) is 5.00 Å². The maximum atomic E-state index is 12.7. The molecule has 0 saturated heterocycles. The van der Waals surface area contributed by atoms with Gasteiger partial charge in [0.1, 0.15) is 17.4 Å². The van der Waals surface area contributed by atoms with Crippen LogP contribution in [-0.4, -0.2) is 32.3 Å². The quantitative estimate of drug-likeness (QED) is 0.427. The van der Waals surface area contributed by atoms with Crippen LogP contribution in [0.1, 0.15) is 45.5 Å². The standard InChI is InChI=1S/C23H26ClN5O3S2/c1-12-5-7-15(24)16(8-12)32-10-18-27-28-23(29(18)3)33-11-19(30)26-22-20(21(25)31)14-6-4-13(2)9-17(14)34-22/h5,7-8,13H,4,6,9-11H2,1-3H3,(H2,25,31)(H,26,30). The monoisotopic (exact) mass is 519 g/mol. The van der Waals surface area contributed by atoms with Gasteiger partial charge in [-0.2, -0.15) is 0 Å². The fraction of sp³-hybridized carbons (Fsp3) is 0.391. The van der Waals surface area contributed by atoms with Crippen molar-refractivity contribution < 1.29 is 14.3 Å². The molecule has 2 aromatic heterocycles. The van der Waals surface area contributed by atoms with E-state index in [2.05, 4.69) is 22.4 Å². The molecule has 180 valence electrons. The highest BCUT2D eigenvalue weighted by Crippen LogP contribution is 2.39. The van der Waals surface area contributed by atoms with Gasteiger partial charge in [0.05, 0.1) is 16.3 Å². The predicted molar refractivity (Wildman–Crippen MR) is 135 cm³/mol. The van der Waals surface area contributed by atoms with Crippen LogP contribution in [0.5, 0.6) is 5.75 Å². The second kappa shape index (κ2) is 10.4. The number of hydrogen-bond donors (Lipinski definition) is 2. The Kier molecular flexibility index (Phi) is 7.49. The zero-order valence-electron chi connectivity index (χ0n) is 19.2. The molecule has 0 fully saturated rings. The van der Waals surface area contributed by atoms with Crippen molar-refractivity contribution in [1.82, 2.24) is 14.8 Å². The number of carbonyl (C=O) groups excluding carboxylic acids is 2. The number of thiophene rings is 1. The molecular weight excluding hydrogens is 494 g/mol. The lowest BCUT2D eigenvalue weighted by molar-refractivity contribution is -0.113. The molecule has 2 heterocycles. The summed E-state index contributed by atoms with van der Waals surface area (Å²) in [6.45, 7) is 4.35. The summed E-state index contributed by atoms with van der Waals surface area (Å²) in [6, 6.07) is 5.56. The van der Waals surface area contributed by atoms with Crippen LogP contribution in [-0.2, 0) is 31.3 Å². The topological polar surface area (TPSA) is 112 Å². The van der Waals surface area contributed by atoms with E-state index < -0.39 is 5.91 Å². The summed E-state index contributed by atoms with van der Waals surface area (Å²) < 4.78 is 7.58. The van der Waals surface area contributed by atoms with Crippen molar-refractivity contribution in [2.75, 3.05) is 11.1 Å². The molecule has 1 aliphatic rings. The van der Waals surface area contributed by atoms with Gasteiger partial charge in [0.25, 0.3) is 5.91 Å². The Morgan fingerprint density at radius 1 is 1.38 bits per heavy atom. The SMILES string of the molecule is Cc1ccc(Cl)c(OCc2nnc(SCC(=O)Nc3sc4c(c3C(N)=O)CCC(C)C4)n2C)c1. The molecular formula is C23H26ClN5O3S2. The number of ether oxygens (including phenoxy) is 1. The van der Waals surface area contributed by atoms with Crippen LogP contribution in [0.25, 0.3) is 0 Å². The van der Waals surface area contributed by atoms with Gasteiger partial charge in [0, 0.05) is 11.9 Å². The number of thioether (sulfide) groups is 1. The highest BCUT2D eigenvalue weighted by molar-refractivity contribution is 7.99. The zero-order chi connectivity index (χ0) is 24.4. The Hall–Kier alpha value is -2.56. The van der Waals surface area contributed by atoms with Crippen LogP contribution in [0, 0.1) is 12.8 Å². The first-order chi connectivity index (χ1) is 16.2. The fourth-order valence-corrected chi connectivity index (χ4v) is 6.19. The van der Waals surface area contributed by atoms with Gasteiger partial charge in [0.2, 0.25) is 5.91 Å². The summed E-state index contributed by atoms with van der Waals surface area (Å²) in [5.41, 5.74) is 8.13. The number of carbonyl (C=O) groups is 2. The van der Waals surface area contributed by atoms with Gasteiger partial charge in [-0.05, 0) is 55.4 Å². The van der Waals surface area contributed by atoms with Crippen molar-refractivity contribution in [2.24, 2.45) is 18.7 Å². The summed E-state index contributed by atoms with van der Waals surface area (Å²) >= 11 is 8.90. The van der Waals surface area contributed by atoms with Gasteiger partial charge in [-0.25, -0.2) is 0 Å². The van der Waals surface area contributed by atoms with Crippen molar-refractivity contribution in [2.45, 2.75) is 44.9 Å². The number of rotatable bonds is 8. The molecule has 1 atom stereocenters. The number of benzene rings is 1. The number of nitrogens with zero attached hydrogens (tertiary/aromatic N) is 3. The first kappa shape index (κ1) is 24.6. The molecule has 1 aliphatic carbocycles. The minimum Gasteiger partial charge on any atom is -0.484 e. The molecule has 0 aliphatic heterocycles. The van der Waals surface area contributed by atoms with E-state index in [-0.39, 0.29) is 18.3 Å². The zero-order valence-corrected chi connectivity index (χ0v) is 21.6. The van der Waals surface area contributed by atoms with Gasteiger partial charge in [-0.15, -0.1) is 21.5 Å². The summed E-state index contributed by atoms with van der Waals surface area (Å²) in [4.78, 5) is 25.9. The number of fused-ring (bicyclic) bond motifs is 1. The average Bonchev–Trinajstić information content (AvgIpc) is 3.31. The summed E-state index contributed by atoms with van der Waals surface area (Å²) in [7, 11) is 1.82. The normalized spacial score (nSPS) is 15.1. The Bertz CT molecular complexity index is 1240. The molecule has 11 heteroatoms. The molecule has 0 spiro atoms. The minimum atomic E-state index is -0.498. The van der Waals surface area contributed by atoms with Gasteiger partial charge in [-0.3, -0.25) is 9.59 Å². The lowest BCUT2D eigenvalue weighted by Gasteiger charge is -2.18. The van der Waals surface area contributed by atoms with Gasteiger partial charge in [0.15, 0.2) is 11.0 Å². The Balaban J connectivity index is 1.37. The van der Waals surface area contributed by atoms with Crippen LogP contribution in [0.2, 0.25) is 5.02 Å². The number of hydrogen-bond acceptors (Lipinski definition) is 7. The van der Waals surface area contributed by atoms with E-state index >= 15 is 0 Å². The smallest absolute Gasteiger partial charge is 0.251 e. The number of aryl methyl sites for hydroxylation is 1. The highest BCUT2D eigenvalue weighted by atomic mass is 35.5. The predicted octanol–water partition coefficient (Wildman–Crippen LogP) is 4.37. The van der Waals surface area contributed by atoms with Crippen LogP contribution in [0.15, 0.2) is 23.4 Å². The lowest BCUT2D eigenvalue weighted by atomic mass is 9.88. The molecule has 2 amide bonds. The van der Waals surface area contributed by atoms with Crippen molar-refractivity contribution in [3.8, 4) is 5.75 Å². The summed E-state index contributed by atoms with van der Waals surface area (Å²) in [5, 5.41) is 12.9. The summed E-state index contributed by atoms with van der Waals surface area (Å²) in [5.74, 6) is 1.14. The van der Waals surface area contributed by atoms with E-state index in [1.807, 2.05) is 26.1 Å². The van der Waals surface area contributed by atoms with E-state index in [1.165, 1.54) is 23.1 Å². The molecule has 8 nitrogen and oxygen atoms in total. The van der Waals surface area contributed by atoms with Crippen molar-refractivity contribution in [3.05, 3.63) is 50.6 Å². The molecule has 0 saturated carbocycles. The van der Waals surface area contributed by atoms with Gasteiger partial charge < -0.3 is 20.4 Å². The third-order valence-electron chi connectivity index (χ3n) is 5.71. The number of primary amides is 1. The second-order valence-electron chi connectivity index (χ2n) is 8.44. The Morgan fingerprint density at radius 3 is 2.94 bits per heavy atom. The van der Waals surface area contributed by atoms with Gasteiger partial charge >= 0.3 is 0 Å². The van der Waals surface area contributed by atoms with Crippen LogP contribution >= 0.6 is 34.7 Å². The molecule has 1 unspecified atom stereocenters. The Labute approximate surface area is 211 Å². The minimum absolute atomic E-state index is 0.119. The van der Waals surface area contributed by atoms with E-state index in [1.54, 1.807) is 10.6 Å². The van der Waals surface area contributed by atoms with E-state index in [0.717, 1.165) is 35.3 Å². The van der Waals surface area contributed by atoms with Crippen LogP contribution in [0.3, 0.4) is 0 Å². The number of aromatic nitrogens is 3. The number of nitrogens with two attached hydrogens (primary N) is 1. The molecule has 34 heavy (non-hydrogen) atoms. The van der Waals surface area contributed by atoms with Crippen LogP contribution < -0.4 is 15.8 Å². The van der Waals surface area contributed by atoms with Crippen molar-refractivity contribution >= 4 is 51.5 Å². The highest BCUT2D eigenvalue weighted by Gasteiger charge is 2.27. The molecule has 0 bridgehead atoms. The molecule has 1 aromatic carbocycles. The van der Waals surface area contributed by atoms with E-state index in [0.29, 0.717) is 38.2 Å².